The van der Waals surface area contributed by atoms with Crippen LogP contribution in [-0.4, -0.2) is 51.4 Å². The van der Waals surface area contributed by atoms with Crippen molar-refractivity contribution in [3.8, 4) is 0 Å². The lowest BCUT2D eigenvalue weighted by atomic mass is 10.3. The second kappa shape index (κ2) is 5.50. The molecule has 1 aliphatic rings. The Morgan fingerprint density at radius 3 is 2.75 bits per heavy atom. The summed E-state index contributed by atoms with van der Waals surface area (Å²) in [5, 5.41) is 0. The number of furan rings is 1. The van der Waals surface area contributed by atoms with E-state index in [1.54, 1.807) is 12.1 Å². The van der Waals surface area contributed by atoms with Crippen LogP contribution < -0.4 is 0 Å². The van der Waals surface area contributed by atoms with Crippen molar-refractivity contribution in [2.45, 2.75) is 6.54 Å². The Morgan fingerprint density at radius 2 is 2.15 bits per heavy atom. The molecule has 106 valence electrons. The number of carbonyl (C=O) groups is 1. The molecule has 1 amide bonds. The summed E-state index contributed by atoms with van der Waals surface area (Å²) >= 11 is 0. The van der Waals surface area contributed by atoms with Crippen LogP contribution in [0, 0.1) is 0 Å². The summed E-state index contributed by atoms with van der Waals surface area (Å²) < 4.78 is 7.19. The molecule has 1 saturated heterocycles. The zero-order chi connectivity index (χ0) is 13.9. The quantitative estimate of drug-likeness (QED) is 0.837. The van der Waals surface area contributed by atoms with Crippen molar-refractivity contribution < 1.29 is 9.21 Å². The summed E-state index contributed by atoms with van der Waals surface area (Å²) in [6, 6.07) is 3.45. The number of aryl methyl sites for hydroxylation is 1. The number of nitrogens with zero attached hydrogens (tertiary/aromatic N) is 4. The number of hydrogen-bond acceptors (Lipinski definition) is 4. The van der Waals surface area contributed by atoms with Gasteiger partial charge >= 0.3 is 0 Å². The first kappa shape index (κ1) is 12.9. The highest BCUT2D eigenvalue weighted by Crippen LogP contribution is 2.11. The lowest BCUT2D eigenvalue weighted by Crippen LogP contribution is -2.48. The number of hydrogen-bond donors (Lipinski definition) is 0. The molecule has 1 fully saturated rings. The number of amides is 1. The molecule has 3 rings (SSSR count). The maximum absolute atomic E-state index is 12.1. The smallest absolute Gasteiger partial charge is 0.289 e. The molecule has 0 unspecified atom stereocenters. The SMILES string of the molecule is Cn1ccnc1CN1CCN(C(=O)c2ccco2)CC1. The van der Waals surface area contributed by atoms with Crippen LogP contribution in [0.25, 0.3) is 0 Å². The monoisotopic (exact) mass is 274 g/mol. The van der Waals surface area contributed by atoms with Gasteiger partial charge < -0.3 is 13.9 Å². The second-order valence-electron chi connectivity index (χ2n) is 5.00. The molecule has 6 heteroatoms. The number of rotatable bonds is 3. The summed E-state index contributed by atoms with van der Waals surface area (Å²) in [5.41, 5.74) is 0. The van der Waals surface area contributed by atoms with Crippen molar-refractivity contribution in [2.75, 3.05) is 26.2 Å². The Hall–Kier alpha value is -2.08. The Labute approximate surface area is 117 Å². The molecular weight excluding hydrogens is 256 g/mol. The van der Waals surface area contributed by atoms with Crippen LogP contribution in [0.15, 0.2) is 35.2 Å². The third-order valence-electron chi connectivity index (χ3n) is 3.68. The first-order valence-corrected chi connectivity index (χ1v) is 6.75. The minimum atomic E-state index is -0.0216. The Balaban J connectivity index is 1.55. The average molecular weight is 274 g/mol. The Bertz CT molecular complexity index is 568. The van der Waals surface area contributed by atoms with E-state index >= 15 is 0 Å². The van der Waals surface area contributed by atoms with E-state index in [9.17, 15) is 4.79 Å². The van der Waals surface area contributed by atoms with E-state index < -0.39 is 0 Å². The molecule has 0 bridgehead atoms. The molecule has 2 aromatic heterocycles. The van der Waals surface area contributed by atoms with Gasteiger partial charge in [0, 0.05) is 45.6 Å². The highest BCUT2D eigenvalue weighted by Gasteiger charge is 2.24. The van der Waals surface area contributed by atoms with Gasteiger partial charge in [-0.15, -0.1) is 0 Å². The molecule has 1 aliphatic heterocycles. The van der Waals surface area contributed by atoms with Crippen molar-refractivity contribution in [3.05, 3.63) is 42.4 Å². The molecule has 20 heavy (non-hydrogen) atoms. The fraction of sp³-hybridized carbons (Fsp3) is 0.429. The first-order valence-electron chi connectivity index (χ1n) is 6.75. The zero-order valence-electron chi connectivity index (χ0n) is 11.5. The zero-order valence-corrected chi connectivity index (χ0v) is 11.5. The van der Waals surface area contributed by atoms with E-state index in [1.807, 2.05) is 28.9 Å². The van der Waals surface area contributed by atoms with Crippen LogP contribution in [-0.2, 0) is 13.6 Å². The van der Waals surface area contributed by atoms with Gasteiger partial charge in [-0.1, -0.05) is 0 Å². The van der Waals surface area contributed by atoms with Gasteiger partial charge in [0.25, 0.3) is 5.91 Å². The van der Waals surface area contributed by atoms with Gasteiger partial charge in [-0.25, -0.2) is 4.98 Å². The predicted molar refractivity (Wildman–Crippen MR) is 73.1 cm³/mol. The fourth-order valence-corrected chi connectivity index (χ4v) is 2.41. The molecule has 0 saturated carbocycles. The van der Waals surface area contributed by atoms with Gasteiger partial charge in [-0.3, -0.25) is 9.69 Å². The number of carbonyl (C=O) groups excluding carboxylic acids is 1. The summed E-state index contributed by atoms with van der Waals surface area (Å²) in [6.07, 6.45) is 5.29. The van der Waals surface area contributed by atoms with Crippen molar-refractivity contribution in [3.63, 3.8) is 0 Å². The van der Waals surface area contributed by atoms with E-state index in [2.05, 4.69) is 9.88 Å². The van der Waals surface area contributed by atoms with Crippen LogP contribution in [0.3, 0.4) is 0 Å². The molecule has 0 N–H and O–H groups in total. The molecule has 2 aromatic rings. The summed E-state index contributed by atoms with van der Waals surface area (Å²) in [6.45, 7) is 4.00. The molecule has 0 aliphatic carbocycles. The largest absolute Gasteiger partial charge is 0.459 e. The fourth-order valence-electron chi connectivity index (χ4n) is 2.41. The van der Waals surface area contributed by atoms with E-state index in [4.69, 9.17) is 4.42 Å². The van der Waals surface area contributed by atoms with Crippen molar-refractivity contribution in [1.82, 2.24) is 19.4 Å². The number of imidazole rings is 1. The molecule has 6 nitrogen and oxygen atoms in total. The van der Waals surface area contributed by atoms with Crippen LogP contribution >= 0.6 is 0 Å². The van der Waals surface area contributed by atoms with Gasteiger partial charge in [0.2, 0.25) is 0 Å². The van der Waals surface area contributed by atoms with E-state index in [0.717, 1.165) is 38.5 Å². The minimum Gasteiger partial charge on any atom is -0.459 e. The van der Waals surface area contributed by atoms with Gasteiger partial charge in [0.05, 0.1) is 12.8 Å². The van der Waals surface area contributed by atoms with E-state index in [-0.39, 0.29) is 5.91 Å². The molecule has 0 spiro atoms. The van der Waals surface area contributed by atoms with Crippen LogP contribution in [0.2, 0.25) is 0 Å². The van der Waals surface area contributed by atoms with Crippen LogP contribution in [0.5, 0.6) is 0 Å². The highest BCUT2D eigenvalue weighted by atomic mass is 16.3. The Morgan fingerprint density at radius 1 is 1.35 bits per heavy atom. The van der Waals surface area contributed by atoms with Crippen LogP contribution in [0.4, 0.5) is 0 Å². The van der Waals surface area contributed by atoms with Crippen molar-refractivity contribution >= 4 is 5.91 Å². The maximum atomic E-state index is 12.1. The number of aromatic nitrogens is 2. The van der Waals surface area contributed by atoms with Gasteiger partial charge in [-0.2, -0.15) is 0 Å². The standard InChI is InChI=1S/C14H18N4O2/c1-16-5-4-15-13(16)11-17-6-8-18(9-7-17)14(19)12-3-2-10-20-12/h2-5,10H,6-9,11H2,1H3. The number of piperazine rings is 1. The van der Waals surface area contributed by atoms with E-state index in [1.165, 1.54) is 6.26 Å². The topological polar surface area (TPSA) is 54.5 Å². The lowest BCUT2D eigenvalue weighted by molar-refractivity contribution is 0.0594. The molecule has 3 heterocycles. The Kier molecular flexibility index (Phi) is 3.56. The molecular formula is C14H18N4O2. The summed E-state index contributed by atoms with van der Waals surface area (Å²) in [7, 11) is 2.00. The van der Waals surface area contributed by atoms with Gasteiger partial charge in [0.1, 0.15) is 5.82 Å². The highest BCUT2D eigenvalue weighted by molar-refractivity contribution is 5.91. The maximum Gasteiger partial charge on any atom is 0.289 e. The third kappa shape index (κ3) is 2.60. The van der Waals surface area contributed by atoms with Crippen molar-refractivity contribution in [1.29, 1.82) is 0 Å². The predicted octanol–water partition coefficient (Wildman–Crippen LogP) is 0.971. The summed E-state index contributed by atoms with van der Waals surface area (Å²) in [4.78, 5) is 20.6. The van der Waals surface area contributed by atoms with Crippen LogP contribution in [0.1, 0.15) is 16.4 Å². The summed E-state index contributed by atoms with van der Waals surface area (Å²) in [5.74, 6) is 1.45. The molecule has 0 aromatic carbocycles. The minimum absolute atomic E-state index is 0.0216. The second-order valence-corrected chi connectivity index (χ2v) is 5.00. The van der Waals surface area contributed by atoms with Crippen molar-refractivity contribution in [2.24, 2.45) is 7.05 Å². The molecule has 0 atom stereocenters. The molecule has 0 radical (unpaired) electrons. The normalized spacial score (nSPS) is 16.6. The first-order chi connectivity index (χ1) is 9.74. The van der Waals surface area contributed by atoms with E-state index in [0.29, 0.717) is 5.76 Å². The third-order valence-corrected chi connectivity index (χ3v) is 3.68. The van der Waals surface area contributed by atoms with Gasteiger partial charge in [0.15, 0.2) is 5.76 Å². The van der Waals surface area contributed by atoms with Gasteiger partial charge in [-0.05, 0) is 12.1 Å². The lowest BCUT2D eigenvalue weighted by Gasteiger charge is -2.34. The average Bonchev–Trinajstić information content (AvgIpc) is 3.12.